The molecule has 1 heterocycles. The summed E-state index contributed by atoms with van der Waals surface area (Å²) in [4.78, 5) is 13.4. The topological polar surface area (TPSA) is 52.0 Å². The summed E-state index contributed by atoms with van der Waals surface area (Å²) in [7, 11) is 3.20. The maximum Gasteiger partial charge on any atom is 0.279 e. The summed E-state index contributed by atoms with van der Waals surface area (Å²) in [6.45, 7) is 0.900. The summed E-state index contributed by atoms with van der Waals surface area (Å²) < 4.78 is 38.3. The highest BCUT2D eigenvalue weighted by Crippen LogP contribution is 2.31. The second-order valence-corrected chi connectivity index (χ2v) is 6.53. The van der Waals surface area contributed by atoms with Crippen LogP contribution in [0.5, 0.6) is 11.5 Å². The molecule has 1 aliphatic heterocycles. The molecule has 0 spiro atoms. The summed E-state index contributed by atoms with van der Waals surface area (Å²) in [5.74, 6) is -0.546. The first kappa shape index (κ1) is 19.1. The van der Waals surface area contributed by atoms with Crippen LogP contribution in [0.3, 0.4) is 0 Å². The zero-order valence-corrected chi connectivity index (χ0v) is 15.4. The number of anilines is 1. The van der Waals surface area contributed by atoms with Gasteiger partial charge in [-0.15, -0.1) is 0 Å². The van der Waals surface area contributed by atoms with Gasteiger partial charge in [0.25, 0.3) is 5.91 Å². The molecule has 1 fully saturated rings. The Balaban J connectivity index is 1.76. The zero-order valence-electron chi connectivity index (χ0n) is 15.4. The molecule has 1 amide bonds. The average molecular weight is 377 g/mol. The van der Waals surface area contributed by atoms with Crippen LogP contribution in [-0.4, -0.2) is 33.2 Å². The second-order valence-electron chi connectivity index (χ2n) is 6.53. The first-order chi connectivity index (χ1) is 13.0. The van der Waals surface area contributed by atoms with Crippen LogP contribution < -0.4 is 19.7 Å². The van der Waals surface area contributed by atoms with Crippen molar-refractivity contribution in [1.82, 2.24) is 0 Å². The molecule has 2 aromatic rings. The van der Waals surface area contributed by atoms with Gasteiger partial charge in [-0.2, -0.15) is 0 Å². The van der Waals surface area contributed by atoms with Gasteiger partial charge in [0.15, 0.2) is 6.54 Å². The molecule has 2 atom stereocenters. The highest BCUT2D eigenvalue weighted by molar-refractivity contribution is 5.91. The molecule has 1 saturated heterocycles. The number of benzene rings is 2. The Bertz CT molecular complexity index is 809. The number of amides is 1. The SMILES string of the molecule is COc1ccc(OC)c([C@H]2CCC[NH+]2CC(=O)Nc2c(F)cccc2F)c1. The molecule has 3 rings (SSSR count). The summed E-state index contributed by atoms with van der Waals surface area (Å²) >= 11 is 0. The highest BCUT2D eigenvalue weighted by atomic mass is 19.1. The van der Waals surface area contributed by atoms with Gasteiger partial charge in [0, 0.05) is 12.8 Å². The van der Waals surface area contributed by atoms with E-state index in [0.29, 0.717) is 0 Å². The summed E-state index contributed by atoms with van der Waals surface area (Å²) in [6, 6.07) is 9.13. The Hall–Kier alpha value is -2.67. The smallest absolute Gasteiger partial charge is 0.279 e. The third-order valence-electron chi connectivity index (χ3n) is 4.91. The van der Waals surface area contributed by atoms with E-state index >= 15 is 0 Å². The number of ether oxygens (including phenoxy) is 2. The first-order valence-corrected chi connectivity index (χ1v) is 8.84. The van der Waals surface area contributed by atoms with Crippen LogP contribution >= 0.6 is 0 Å². The predicted molar refractivity (Wildman–Crippen MR) is 97.2 cm³/mol. The fourth-order valence-electron chi connectivity index (χ4n) is 3.62. The molecule has 0 saturated carbocycles. The monoisotopic (exact) mass is 377 g/mol. The van der Waals surface area contributed by atoms with Crippen LogP contribution in [-0.2, 0) is 4.79 Å². The van der Waals surface area contributed by atoms with Crippen molar-refractivity contribution in [2.45, 2.75) is 18.9 Å². The number of para-hydroxylation sites is 1. The average Bonchev–Trinajstić information content (AvgIpc) is 3.12. The lowest BCUT2D eigenvalue weighted by Crippen LogP contribution is -3.11. The quantitative estimate of drug-likeness (QED) is 0.813. The minimum absolute atomic E-state index is 0.0475. The van der Waals surface area contributed by atoms with Gasteiger partial charge in [-0.1, -0.05) is 6.07 Å². The van der Waals surface area contributed by atoms with Crippen molar-refractivity contribution in [3.63, 3.8) is 0 Å². The summed E-state index contributed by atoms with van der Waals surface area (Å²) in [5, 5.41) is 2.36. The van der Waals surface area contributed by atoms with Gasteiger partial charge in [-0.05, 0) is 30.3 Å². The number of carbonyl (C=O) groups excluding carboxylic acids is 1. The molecular weight excluding hydrogens is 354 g/mol. The maximum absolute atomic E-state index is 13.8. The zero-order chi connectivity index (χ0) is 19.4. The normalized spacial score (nSPS) is 19.0. The van der Waals surface area contributed by atoms with E-state index in [-0.39, 0.29) is 12.6 Å². The Morgan fingerprint density at radius 3 is 2.59 bits per heavy atom. The van der Waals surface area contributed by atoms with Gasteiger partial charge in [0.2, 0.25) is 0 Å². The van der Waals surface area contributed by atoms with E-state index in [1.165, 1.54) is 6.07 Å². The van der Waals surface area contributed by atoms with Crippen molar-refractivity contribution < 1.29 is 27.9 Å². The molecule has 2 N–H and O–H groups in total. The molecule has 27 heavy (non-hydrogen) atoms. The fourth-order valence-corrected chi connectivity index (χ4v) is 3.62. The number of methoxy groups -OCH3 is 2. The lowest BCUT2D eigenvalue weighted by Gasteiger charge is -2.23. The molecule has 0 aromatic heterocycles. The molecule has 0 aliphatic carbocycles. The minimum Gasteiger partial charge on any atom is -0.497 e. The third-order valence-corrected chi connectivity index (χ3v) is 4.91. The second kappa shape index (κ2) is 8.35. The van der Waals surface area contributed by atoms with Crippen LogP contribution in [0.25, 0.3) is 0 Å². The summed E-state index contributed by atoms with van der Waals surface area (Å²) in [5.41, 5.74) is 0.561. The van der Waals surface area contributed by atoms with Crippen molar-refractivity contribution in [2.75, 3.05) is 32.6 Å². The number of carbonyl (C=O) groups is 1. The third kappa shape index (κ3) is 4.19. The molecule has 1 aliphatic rings. The molecule has 0 bridgehead atoms. The Labute approximate surface area is 156 Å². The van der Waals surface area contributed by atoms with Gasteiger partial charge in [0.1, 0.15) is 34.9 Å². The fraction of sp³-hybridized carbons (Fsp3) is 0.350. The van der Waals surface area contributed by atoms with Crippen LogP contribution in [0, 0.1) is 11.6 Å². The van der Waals surface area contributed by atoms with Gasteiger partial charge in [-0.25, -0.2) is 8.78 Å². The first-order valence-electron chi connectivity index (χ1n) is 8.84. The van der Waals surface area contributed by atoms with Crippen molar-refractivity contribution >= 4 is 11.6 Å². The van der Waals surface area contributed by atoms with Gasteiger partial charge < -0.3 is 19.7 Å². The number of nitrogens with one attached hydrogen (secondary N) is 2. The molecule has 144 valence electrons. The van der Waals surface area contributed by atoms with Gasteiger partial charge >= 0.3 is 0 Å². The number of likely N-dealkylation sites (tertiary alicyclic amines) is 1. The molecule has 7 heteroatoms. The molecule has 0 radical (unpaired) electrons. The van der Waals surface area contributed by atoms with E-state index in [1.54, 1.807) is 14.2 Å². The molecular formula is C20H23F2N2O3+. The molecule has 1 unspecified atom stereocenters. The van der Waals surface area contributed by atoms with Crippen molar-refractivity contribution in [1.29, 1.82) is 0 Å². The van der Waals surface area contributed by atoms with Crippen LogP contribution in [0.2, 0.25) is 0 Å². The van der Waals surface area contributed by atoms with Gasteiger partial charge in [0.05, 0.1) is 26.3 Å². The number of hydrogen-bond donors (Lipinski definition) is 2. The number of hydrogen-bond acceptors (Lipinski definition) is 3. The lowest BCUT2D eigenvalue weighted by molar-refractivity contribution is -0.910. The van der Waals surface area contributed by atoms with E-state index in [2.05, 4.69) is 5.32 Å². The minimum atomic E-state index is -0.786. The van der Waals surface area contributed by atoms with Crippen molar-refractivity contribution in [3.8, 4) is 11.5 Å². The molecule has 2 aromatic carbocycles. The number of rotatable bonds is 6. The summed E-state index contributed by atoms with van der Waals surface area (Å²) in [6.07, 6.45) is 1.84. The number of halogens is 2. The highest BCUT2D eigenvalue weighted by Gasteiger charge is 2.34. The van der Waals surface area contributed by atoms with E-state index < -0.39 is 23.2 Å². The largest absolute Gasteiger partial charge is 0.497 e. The van der Waals surface area contributed by atoms with Crippen LogP contribution in [0.15, 0.2) is 36.4 Å². The standard InChI is InChI=1S/C20H22F2N2O3/c1-26-13-8-9-18(27-2)14(11-13)17-7-4-10-24(17)12-19(25)23-20-15(21)5-3-6-16(20)22/h3,5-6,8-9,11,17H,4,7,10,12H2,1-2H3,(H,23,25)/p+1/t17-/m1/s1. The number of quaternary nitrogens is 1. The van der Waals surface area contributed by atoms with Crippen molar-refractivity contribution in [2.24, 2.45) is 0 Å². The van der Waals surface area contributed by atoms with Gasteiger partial charge in [-0.3, -0.25) is 4.79 Å². The Morgan fingerprint density at radius 1 is 1.19 bits per heavy atom. The van der Waals surface area contributed by atoms with Crippen LogP contribution in [0.1, 0.15) is 24.4 Å². The van der Waals surface area contributed by atoms with E-state index in [1.807, 2.05) is 18.2 Å². The van der Waals surface area contributed by atoms with E-state index in [9.17, 15) is 13.6 Å². The van der Waals surface area contributed by atoms with Crippen molar-refractivity contribution in [3.05, 3.63) is 53.6 Å². The van der Waals surface area contributed by atoms with E-state index in [4.69, 9.17) is 9.47 Å². The maximum atomic E-state index is 13.8. The lowest BCUT2D eigenvalue weighted by atomic mass is 10.0. The molecule has 5 nitrogen and oxygen atoms in total. The Kier molecular flexibility index (Phi) is 5.91. The Morgan fingerprint density at radius 2 is 1.93 bits per heavy atom. The van der Waals surface area contributed by atoms with Crippen LogP contribution in [0.4, 0.5) is 14.5 Å². The predicted octanol–water partition coefficient (Wildman–Crippen LogP) is 2.34. The van der Waals surface area contributed by atoms with E-state index in [0.717, 1.165) is 53.5 Å².